The maximum absolute atomic E-state index is 13.1. The van der Waals surface area contributed by atoms with Gasteiger partial charge in [-0.15, -0.1) is 4.73 Å². The van der Waals surface area contributed by atoms with Crippen LogP contribution < -0.4 is 15.3 Å². The van der Waals surface area contributed by atoms with E-state index < -0.39 is 11.7 Å². The molecule has 1 atom stereocenters. The molecule has 0 aliphatic carbocycles. The zero-order valence-corrected chi connectivity index (χ0v) is 15.3. The van der Waals surface area contributed by atoms with E-state index >= 15 is 0 Å². The van der Waals surface area contributed by atoms with E-state index in [-0.39, 0.29) is 18.2 Å². The first kappa shape index (κ1) is 18.7. The number of nitrogens with zero attached hydrogens (tertiary/aromatic N) is 2. The van der Waals surface area contributed by atoms with Crippen LogP contribution in [0.3, 0.4) is 0 Å². The summed E-state index contributed by atoms with van der Waals surface area (Å²) in [5.74, 6) is -0.257. The van der Waals surface area contributed by atoms with Gasteiger partial charge < -0.3 is 14.8 Å². The Morgan fingerprint density at radius 3 is 2.48 bits per heavy atom. The number of aromatic nitrogens is 1. The van der Waals surface area contributed by atoms with Crippen LogP contribution >= 0.6 is 0 Å². The number of carbonyl (C=O) groups excluding carboxylic acids is 1. The van der Waals surface area contributed by atoms with Crippen LogP contribution in [0.15, 0.2) is 65.5 Å². The molecule has 0 aliphatic heterocycles. The van der Waals surface area contributed by atoms with E-state index in [0.717, 1.165) is 10.1 Å². The third kappa shape index (κ3) is 3.85. The molecule has 3 rings (SSSR count). The molecule has 1 amide bonds. The average Bonchev–Trinajstić information content (AvgIpc) is 2.68. The van der Waals surface area contributed by atoms with Crippen LogP contribution in [-0.4, -0.2) is 35.0 Å². The van der Waals surface area contributed by atoms with Gasteiger partial charge >= 0.3 is 5.56 Å². The quantitative estimate of drug-likeness (QED) is 0.728. The molecule has 0 saturated carbocycles. The van der Waals surface area contributed by atoms with Gasteiger partial charge in [-0.1, -0.05) is 36.4 Å². The maximum Gasteiger partial charge on any atom is 0.307 e. The standard InChI is InChI=1S/C21H22N2O4/c1-3-22(20(25)16-9-5-4-6-10-16)19-13-17-11-7-8-12-18(17)23(21(19)26)27-14-15(2)24/h4-13,15,24H,3,14H2,1-2H3. The van der Waals surface area contributed by atoms with E-state index in [1.165, 1.54) is 4.90 Å². The first-order chi connectivity index (χ1) is 13.0. The second-order valence-electron chi connectivity index (χ2n) is 6.25. The Bertz CT molecular complexity index is 996. The van der Waals surface area contributed by atoms with Crippen molar-refractivity contribution in [3.63, 3.8) is 0 Å². The van der Waals surface area contributed by atoms with E-state index in [1.54, 1.807) is 49.4 Å². The fraction of sp³-hybridized carbons (Fsp3) is 0.238. The lowest BCUT2D eigenvalue weighted by molar-refractivity contribution is 0.0364. The number of aliphatic hydroxyl groups is 1. The van der Waals surface area contributed by atoms with Crippen molar-refractivity contribution in [1.29, 1.82) is 0 Å². The molecule has 1 aromatic heterocycles. The van der Waals surface area contributed by atoms with Gasteiger partial charge in [0.1, 0.15) is 12.3 Å². The highest BCUT2D eigenvalue weighted by molar-refractivity contribution is 6.06. The summed E-state index contributed by atoms with van der Waals surface area (Å²) in [6.07, 6.45) is -0.729. The number of carbonyl (C=O) groups is 1. The lowest BCUT2D eigenvalue weighted by Crippen LogP contribution is -2.39. The van der Waals surface area contributed by atoms with Crippen molar-refractivity contribution in [2.45, 2.75) is 20.0 Å². The normalized spacial score (nSPS) is 12.0. The highest BCUT2D eigenvalue weighted by atomic mass is 16.7. The smallest absolute Gasteiger partial charge is 0.307 e. The summed E-state index contributed by atoms with van der Waals surface area (Å²) in [5, 5.41) is 10.3. The molecule has 6 heteroatoms. The fourth-order valence-electron chi connectivity index (χ4n) is 2.88. The lowest BCUT2D eigenvalue weighted by atomic mass is 10.1. The van der Waals surface area contributed by atoms with Crippen molar-refractivity contribution < 1.29 is 14.7 Å². The van der Waals surface area contributed by atoms with Crippen LogP contribution in [0, 0.1) is 0 Å². The molecule has 0 spiro atoms. The van der Waals surface area contributed by atoms with Crippen LogP contribution in [0.25, 0.3) is 10.9 Å². The van der Waals surface area contributed by atoms with Gasteiger partial charge in [-0.3, -0.25) is 9.59 Å². The third-order valence-electron chi connectivity index (χ3n) is 4.17. The summed E-state index contributed by atoms with van der Waals surface area (Å²) in [4.78, 5) is 33.0. The second-order valence-corrected chi connectivity index (χ2v) is 6.25. The summed E-state index contributed by atoms with van der Waals surface area (Å²) in [5.41, 5.74) is 0.870. The SMILES string of the molecule is CCN(C(=O)c1ccccc1)c1cc2ccccc2n(OCC(C)O)c1=O. The Hall–Kier alpha value is -3.12. The minimum absolute atomic E-state index is 0.0356. The minimum atomic E-state index is -0.729. The van der Waals surface area contributed by atoms with Gasteiger partial charge in [0.05, 0.1) is 11.6 Å². The van der Waals surface area contributed by atoms with Gasteiger partial charge in [-0.2, -0.15) is 0 Å². The Morgan fingerprint density at radius 1 is 1.15 bits per heavy atom. The number of benzene rings is 2. The number of pyridine rings is 1. The molecule has 1 N–H and O–H groups in total. The van der Waals surface area contributed by atoms with Crippen LogP contribution in [0.2, 0.25) is 0 Å². The molecule has 0 fully saturated rings. The van der Waals surface area contributed by atoms with Gasteiger partial charge in [0.25, 0.3) is 5.91 Å². The van der Waals surface area contributed by atoms with Gasteiger partial charge in [-0.25, -0.2) is 0 Å². The number of hydrogen-bond acceptors (Lipinski definition) is 4. The number of anilines is 1. The Labute approximate surface area is 157 Å². The molecule has 3 aromatic rings. The van der Waals surface area contributed by atoms with E-state index in [2.05, 4.69) is 0 Å². The van der Waals surface area contributed by atoms with Crippen molar-refractivity contribution in [3.8, 4) is 0 Å². The molecular formula is C21H22N2O4. The zero-order valence-electron chi connectivity index (χ0n) is 15.3. The molecule has 1 heterocycles. The molecule has 6 nitrogen and oxygen atoms in total. The summed E-state index contributed by atoms with van der Waals surface area (Å²) in [6.45, 7) is 3.69. The minimum Gasteiger partial charge on any atom is -0.407 e. The average molecular weight is 366 g/mol. The number of hydrogen-bond donors (Lipinski definition) is 1. The van der Waals surface area contributed by atoms with Crippen LogP contribution in [0.4, 0.5) is 5.69 Å². The summed E-state index contributed by atoms with van der Waals surface area (Å²) >= 11 is 0. The molecule has 1 unspecified atom stereocenters. The van der Waals surface area contributed by atoms with E-state index in [0.29, 0.717) is 17.6 Å². The van der Waals surface area contributed by atoms with Gasteiger partial charge in [0, 0.05) is 17.5 Å². The van der Waals surface area contributed by atoms with Gasteiger partial charge in [0.2, 0.25) is 0 Å². The number of amides is 1. The summed E-state index contributed by atoms with van der Waals surface area (Å²) in [6, 6.07) is 17.8. The Morgan fingerprint density at radius 2 is 1.81 bits per heavy atom. The highest BCUT2D eigenvalue weighted by Crippen LogP contribution is 2.20. The predicted octanol–water partition coefficient (Wildman–Crippen LogP) is 2.48. The second kappa shape index (κ2) is 8.05. The fourth-order valence-corrected chi connectivity index (χ4v) is 2.88. The largest absolute Gasteiger partial charge is 0.407 e. The molecule has 0 radical (unpaired) electrons. The molecule has 0 aliphatic rings. The zero-order chi connectivity index (χ0) is 19.4. The van der Waals surface area contributed by atoms with Crippen LogP contribution in [0.1, 0.15) is 24.2 Å². The molecule has 140 valence electrons. The first-order valence-electron chi connectivity index (χ1n) is 8.86. The van der Waals surface area contributed by atoms with Crippen LogP contribution in [0.5, 0.6) is 0 Å². The molecule has 0 bridgehead atoms. The van der Waals surface area contributed by atoms with E-state index in [9.17, 15) is 14.7 Å². The molecular weight excluding hydrogens is 344 g/mol. The Balaban J connectivity index is 2.13. The van der Waals surface area contributed by atoms with Crippen molar-refractivity contribution in [1.82, 2.24) is 4.73 Å². The molecule has 0 saturated heterocycles. The Kier molecular flexibility index (Phi) is 5.57. The highest BCUT2D eigenvalue weighted by Gasteiger charge is 2.21. The van der Waals surface area contributed by atoms with Crippen molar-refractivity contribution in [3.05, 3.63) is 76.6 Å². The van der Waals surface area contributed by atoms with E-state index in [1.807, 2.05) is 25.1 Å². The van der Waals surface area contributed by atoms with E-state index in [4.69, 9.17) is 4.84 Å². The van der Waals surface area contributed by atoms with Gasteiger partial charge in [-0.05, 0) is 38.1 Å². The summed E-state index contributed by atoms with van der Waals surface area (Å²) in [7, 11) is 0. The van der Waals surface area contributed by atoms with Crippen molar-refractivity contribution in [2.24, 2.45) is 0 Å². The number of para-hydroxylation sites is 1. The predicted molar refractivity (Wildman–Crippen MR) is 105 cm³/mol. The third-order valence-corrected chi connectivity index (χ3v) is 4.17. The first-order valence-corrected chi connectivity index (χ1v) is 8.86. The monoisotopic (exact) mass is 366 g/mol. The number of rotatable bonds is 6. The molecule has 27 heavy (non-hydrogen) atoms. The lowest BCUT2D eigenvalue weighted by Gasteiger charge is -2.22. The number of fused-ring (bicyclic) bond motifs is 1. The summed E-state index contributed by atoms with van der Waals surface area (Å²) < 4.78 is 1.15. The topological polar surface area (TPSA) is 71.8 Å². The molecule has 2 aromatic carbocycles. The number of aliphatic hydroxyl groups excluding tert-OH is 1. The van der Waals surface area contributed by atoms with Crippen molar-refractivity contribution in [2.75, 3.05) is 18.1 Å². The maximum atomic E-state index is 13.1. The van der Waals surface area contributed by atoms with Crippen LogP contribution in [-0.2, 0) is 0 Å². The van der Waals surface area contributed by atoms with Gasteiger partial charge in [0.15, 0.2) is 0 Å². The van der Waals surface area contributed by atoms with Crippen molar-refractivity contribution >= 4 is 22.5 Å².